The average molecular weight is 415 g/mol. The van der Waals surface area contributed by atoms with Crippen LogP contribution in [-0.2, 0) is 10.9 Å². The summed E-state index contributed by atoms with van der Waals surface area (Å²) in [6.45, 7) is 0. The molecular weight excluding hydrogens is 384 g/mol. The lowest BCUT2D eigenvalue weighted by Crippen LogP contribution is -2.68. The third kappa shape index (κ3) is 2.28. The van der Waals surface area contributed by atoms with Crippen molar-refractivity contribution in [1.29, 1.82) is 0 Å². The summed E-state index contributed by atoms with van der Waals surface area (Å²) in [7, 11) is -4.15. The Bertz CT molecular complexity index is 537. The van der Waals surface area contributed by atoms with Gasteiger partial charge in [-0.1, -0.05) is 0 Å². The Kier molecular flexibility index (Phi) is 3.78. The molecule has 8 saturated carbocycles. The maximum absolute atomic E-state index is 8.49. The zero-order valence-corrected chi connectivity index (χ0v) is 17.7. The summed E-state index contributed by atoms with van der Waals surface area (Å²) in [5.41, 5.74) is 0. The van der Waals surface area contributed by atoms with Gasteiger partial charge >= 0.3 is 0 Å². The van der Waals surface area contributed by atoms with Gasteiger partial charge < -0.3 is 0 Å². The van der Waals surface area contributed by atoms with Crippen molar-refractivity contribution in [2.75, 3.05) is 6.26 Å². The summed E-state index contributed by atoms with van der Waals surface area (Å²) in [5, 5.41) is 0. The molecule has 1 heterocycles. The van der Waals surface area contributed by atoms with Crippen molar-refractivity contribution in [2.24, 2.45) is 47.3 Å². The first kappa shape index (κ1) is 18.3. The molecule has 0 atom stereocenters. The van der Waals surface area contributed by atoms with Crippen LogP contribution in [0.15, 0.2) is 0 Å². The lowest BCUT2D eigenvalue weighted by molar-refractivity contribution is -2.00. The van der Waals surface area contributed by atoms with Crippen LogP contribution in [0.1, 0.15) is 64.2 Å². The molecule has 0 aromatic rings. The van der Waals surface area contributed by atoms with E-state index in [9.17, 15) is 0 Å². The van der Waals surface area contributed by atoms with Crippen molar-refractivity contribution in [2.45, 2.75) is 73.7 Å². The van der Waals surface area contributed by atoms with Gasteiger partial charge in [0.25, 0.3) is 0 Å². The SMILES string of the molecule is C[S+]1C2(C3CC4CC(C3)CC2C4)C12C1CC3CC(C1)CC2C3.[O-][Cl+3]([O-])([O-])[O-]. The standard InChI is InChI=1S/C21H31S.ClHO4/c1-22-20(16-4-12-2-13(6-16)7-17(20)5-12)21(22)18-8-14-3-15(10-18)11-19(21)9-14;2-1(3,4)5/h12-19H,2-11H2,1H3;(H,2,3,4,5)/q+1;/p-1. The molecule has 0 amide bonds. The number of rotatable bonds is 0. The first-order valence-corrected chi connectivity index (χ1v) is 13.9. The molecule has 6 heteroatoms. The van der Waals surface area contributed by atoms with Crippen molar-refractivity contribution in [1.82, 2.24) is 0 Å². The van der Waals surface area contributed by atoms with E-state index in [-0.39, 0.29) is 0 Å². The van der Waals surface area contributed by atoms with Crippen LogP contribution in [0.4, 0.5) is 0 Å². The zero-order valence-electron chi connectivity index (χ0n) is 16.1. The van der Waals surface area contributed by atoms with E-state index in [0.29, 0.717) is 0 Å². The molecule has 2 spiro atoms. The zero-order chi connectivity index (χ0) is 18.8. The first-order chi connectivity index (χ1) is 12.7. The summed E-state index contributed by atoms with van der Waals surface area (Å²) in [6.07, 6.45) is 19.4. The Morgan fingerprint density at radius 3 is 1.00 bits per heavy atom. The molecule has 152 valence electrons. The lowest BCUT2D eigenvalue weighted by atomic mass is 9.42. The second-order valence-electron chi connectivity index (χ2n) is 11.1. The molecule has 0 aromatic carbocycles. The van der Waals surface area contributed by atoms with Crippen LogP contribution in [0.5, 0.6) is 0 Å². The largest absolute Gasteiger partial charge is 0.222 e. The minimum Gasteiger partial charge on any atom is -0.222 e. The molecule has 9 fully saturated rings. The van der Waals surface area contributed by atoms with Gasteiger partial charge in [0.2, 0.25) is 0 Å². The number of hydrogen-bond donors (Lipinski definition) is 0. The van der Waals surface area contributed by atoms with E-state index in [0.717, 1.165) is 20.4 Å². The molecule has 27 heavy (non-hydrogen) atoms. The van der Waals surface area contributed by atoms with E-state index in [4.69, 9.17) is 18.6 Å². The molecule has 1 saturated heterocycles. The van der Waals surface area contributed by atoms with Crippen molar-refractivity contribution in [3.8, 4) is 0 Å². The fourth-order valence-electron chi connectivity index (χ4n) is 10.6. The van der Waals surface area contributed by atoms with Crippen LogP contribution >= 0.6 is 0 Å². The minimum atomic E-state index is -4.94. The van der Waals surface area contributed by atoms with Crippen LogP contribution in [0.3, 0.4) is 0 Å². The Labute approximate surface area is 167 Å². The normalized spacial score (nSPS) is 61.4. The molecule has 9 aliphatic rings. The van der Waals surface area contributed by atoms with Gasteiger partial charge in [-0.2, -0.15) is 0 Å². The second-order valence-corrected chi connectivity index (χ2v) is 14.2. The summed E-state index contributed by atoms with van der Waals surface area (Å²) >= 11 is 0. The highest BCUT2D eigenvalue weighted by molar-refractivity contribution is 8.06. The van der Waals surface area contributed by atoms with E-state index < -0.39 is 10.2 Å². The van der Waals surface area contributed by atoms with Crippen LogP contribution < -0.4 is 18.6 Å². The number of halogens is 1. The van der Waals surface area contributed by atoms with Crippen molar-refractivity contribution >= 4 is 10.9 Å². The van der Waals surface area contributed by atoms with Gasteiger partial charge in [0.15, 0.2) is 9.49 Å². The molecule has 0 unspecified atom stereocenters. The Hall–Kier alpha value is 0.480. The van der Waals surface area contributed by atoms with E-state index in [1.54, 1.807) is 64.2 Å². The molecule has 8 bridgehead atoms. The molecule has 8 aliphatic carbocycles. The van der Waals surface area contributed by atoms with Gasteiger partial charge in [0.1, 0.15) is 0 Å². The Morgan fingerprint density at radius 1 is 0.556 bits per heavy atom. The summed E-state index contributed by atoms with van der Waals surface area (Å²) < 4.78 is 35.8. The first-order valence-electron chi connectivity index (χ1n) is 11.0. The fourth-order valence-corrected chi connectivity index (χ4v) is 15.3. The minimum absolute atomic E-state index is 0.792. The van der Waals surface area contributed by atoms with Crippen molar-refractivity contribution in [3.05, 3.63) is 0 Å². The highest BCUT2D eigenvalue weighted by Gasteiger charge is 2.96. The fraction of sp³-hybridized carbons (Fsp3) is 1.00. The van der Waals surface area contributed by atoms with Gasteiger partial charge in [-0.3, -0.25) is 0 Å². The molecule has 4 nitrogen and oxygen atoms in total. The smallest absolute Gasteiger partial charge is 0.184 e. The number of hydrogen-bond acceptors (Lipinski definition) is 4. The Balaban J connectivity index is 0.000000264. The van der Waals surface area contributed by atoms with E-state index in [1.165, 1.54) is 47.3 Å². The average Bonchev–Trinajstić information content (AvgIpc) is 3.08. The topological polar surface area (TPSA) is 92.2 Å². The maximum atomic E-state index is 8.49. The van der Waals surface area contributed by atoms with Crippen LogP contribution in [0.25, 0.3) is 0 Å². The summed E-state index contributed by atoms with van der Waals surface area (Å²) in [6, 6.07) is 0. The quantitative estimate of drug-likeness (QED) is 0.408. The lowest BCUT2D eigenvalue weighted by Gasteiger charge is -2.57. The van der Waals surface area contributed by atoms with E-state index >= 15 is 0 Å². The predicted octanol–water partition coefficient (Wildman–Crippen LogP) is -0.118. The van der Waals surface area contributed by atoms with Gasteiger partial charge in [-0.25, -0.2) is 18.6 Å². The molecule has 0 aromatic heterocycles. The molecule has 1 aliphatic heterocycles. The summed E-state index contributed by atoms with van der Waals surface area (Å²) in [4.78, 5) is 0. The second kappa shape index (κ2) is 5.59. The van der Waals surface area contributed by atoms with Gasteiger partial charge in [-0.15, -0.1) is 10.2 Å². The van der Waals surface area contributed by atoms with Crippen molar-refractivity contribution < 1.29 is 28.9 Å². The monoisotopic (exact) mass is 414 g/mol. The Morgan fingerprint density at radius 2 is 0.778 bits per heavy atom. The van der Waals surface area contributed by atoms with Crippen LogP contribution in [0.2, 0.25) is 0 Å². The molecular formula is C21H31ClO4S. The van der Waals surface area contributed by atoms with Crippen LogP contribution in [0, 0.1) is 57.6 Å². The van der Waals surface area contributed by atoms with Gasteiger partial charge in [0.05, 0.1) is 6.26 Å². The molecule has 9 rings (SSSR count). The summed E-state index contributed by atoms with van der Waals surface area (Å²) in [5.74, 6) is 9.42. The van der Waals surface area contributed by atoms with E-state index in [1.807, 2.05) is 0 Å². The van der Waals surface area contributed by atoms with E-state index in [2.05, 4.69) is 6.26 Å². The van der Waals surface area contributed by atoms with Crippen LogP contribution in [-0.4, -0.2) is 15.7 Å². The van der Waals surface area contributed by atoms with Gasteiger partial charge in [0, 0.05) is 34.6 Å². The highest BCUT2D eigenvalue weighted by atomic mass is 35.7. The van der Waals surface area contributed by atoms with Gasteiger partial charge in [-0.05, 0) is 87.9 Å². The highest BCUT2D eigenvalue weighted by Crippen LogP contribution is 2.83. The third-order valence-electron chi connectivity index (χ3n) is 10.3. The third-order valence-corrected chi connectivity index (χ3v) is 14.1. The molecule has 0 N–H and O–H groups in total. The maximum Gasteiger partial charge on any atom is 0.184 e. The molecule has 0 radical (unpaired) electrons. The predicted molar refractivity (Wildman–Crippen MR) is 92.8 cm³/mol. The van der Waals surface area contributed by atoms with Crippen molar-refractivity contribution in [3.63, 3.8) is 0 Å².